The first-order valence-electron chi connectivity index (χ1n) is 10.3. The number of amides is 2. The van der Waals surface area contributed by atoms with Crippen LogP contribution in [-0.4, -0.2) is 28.1 Å². The molecule has 160 valence electrons. The number of rotatable bonds is 7. The Bertz CT molecular complexity index is 1140. The summed E-state index contributed by atoms with van der Waals surface area (Å²) in [6.07, 6.45) is 1.96. The number of benzene rings is 2. The molecule has 3 aromatic rings. The summed E-state index contributed by atoms with van der Waals surface area (Å²) in [7, 11) is 0. The molecule has 0 aliphatic heterocycles. The van der Waals surface area contributed by atoms with Crippen LogP contribution < -0.4 is 11.1 Å². The molecule has 3 rings (SSSR count). The summed E-state index contributed by atoms with van der Waals surface area (Å²) < 4.78 is 0. The minimum atomic E-state index is -1.04. The molecule has 2 aromatic carbocycles. The average molecular weight is 418 g/mol. The first kappa shape index (κ1) is 22.1. The molecule has 0 saturated carbocycles. The zero-order valence-electron chi connectivity index (χ0n) is 17.7. The van der Waals surface area contributed by atoms with E-state index in [1.165, 1.54) is 0 Å². The number of primary amides is 1. The van der Waals surface area contributed by atoms with Crippen LogP contribution in [0.1, 0.15) is 54.1 Å². The molecular formula is C25H27N3O3. The third-order valence-corrected chi connectivity index (χ3v) is 5.41. The van der Waals surface area contributed by atoms with Crippen LogP contribution in [0.2, 0.25) is 0 Å². The van der Waals surface area contributed by atoms with Crippen molar-refractivity contribution in [2.24, 2.45) is 11.7 Å². The average Bonchev–Trinajstić information content (AvgIpc) is 3.20. The first-order chi connectivity index (χ1) is 14.9. The van der Waals surface area contributed by atoms with Gasteiger partial charge in [0.05, 0.1) is 0 Å². The maximum Gasteiger partial charge on any atom is 0.253 e. The fourth-order valence-electron chi connectivity index (χ4n) is 3.32. The molecule has 0 aliphatic rings. The van der Waals surface area contributed by atoms with Gasteiger partial charge in [0.1, 0.15) is 6.23 Å². The standard InChI is InChI=1S/C25H27N3O3/c1-16(23(26)29)8-3-4-9-18-10-7-11-19(14-18)25(31)28-24(30)17(2)21-15-27-22-13-6-5-12-20(21)22/h5-7,10-17,24,27,30H,3,8H2,1-2H3,(H2,26,29)(H,28,31)/t16?,17?,24-/m1/s1. The van der Waals surface area contributed by atoms with Gasteiger partial charge in [-0.15, -0.1) is 0 Å². The molecule has 6 nitrogen and oxygen atoms in total. The summed E-state index contributed by atoms with van der Waals surface area (Å²) in [5, 5.41) is 14.3. The molecule has 6 heteroatoms. The maximum absolute atomic E-state index is 12.7. The van der Waals surface area contributed by atoms with E-state index in [0.29, 0.717) is 24.0 Å². The number of aromatic amines is 1. The number of aliphatic hydroxyl groups excluding tert-OH is 1. The van der Waals surface area contributed by atoms with Crippen molar-refractivity contribution in [2.45, 2.75) is 38.8 Å². The van der Waals surface area contributed by atoms with Crippen molar-refractivity contribution in [3.05, 3.63) is 71.4 Å². The van der Waals surface area contributed by atoms with Gasteiger partial charge in [0.2, 0.25) is 5.91 Å². The summed E-state index contributed by atoms with van der Waals surface area (Å²) in [5.41, 5.74) is 8.28. The maximum atomic E-state index is 12.7. The third kappa shape index (κ3) is 5.53. The zero-order chi connectivity index (χ0) is 22.4. The van der Waals surface area contributed by atoms with Crippen LogP contribution in [0.4, 0.5) is 0 Å². The lowest BCUT2D eigenvalue weighted by Gasteiger charge is -2.20. The summed E-state index contributed by atoms with van der Waals surface area (Å²) >= 11 is 0. The Morgan fingerprint density at radius 3 is 2.71 bits per heavy atom. The van der Waals surface area contributed by atoms with Gasteiger partial charge >= 0.3 is 0 Å². The summed E-state index contributed by atoms with van der Waals surface area (Å²) in [6.45, 7) is 3.65. The highest BCUT2D eigenvalue weighted by molar-refractivity contribution is 5.94. The van der Waals surface area contributed by atoms with Gasteiger partial charge in [-0.25, -0.2) is 0 Å². The summed E-state index contributed by atoms with van der Waals surface area (Å²) in [5.74, 6) is 4.80. The van der Waals surface area contributed by atoms with Crippen LogP contribution in [0.25, 0.3) is 10.9 Å². The SMILES string of the molecule is CC(CCC#Cc1cccc(C(=O)N[C@H](O)C(C)c2c[nH]c3ccccc23)c1)C(N)=O. The summed E-state index contributed by atoms with van der Waals surface area (Å²) in [4.78, 5) is 26.9. The van der Waals surface area contributed by atoms with Crippen LogP contribution >= 0.6 is 0 Å². The molecular weight excluding hydrogens is 390 g/mol. The van der Waals surface area contributed by atoms with Crippen LogP contribution in [0, 0.1) is 17.8 Å². The van der Waals surface area contributed by atoms with Crippen molar-refractivity contribution in [3.8, 4) is 11.8 Å². The molecule has 0 radical (unpaired) electrons. The molecule has 2 unspecified atom stereocenters. The fourth-order valence-corrected chi connectivity index (χ4v) is 3.32. The van der Waals surface area contributed by atoms with E-state index in [-0.39, 0.29) is 23.7 Å². The van der Waals surface area contributed by atoms with E-state index >= 15 is 0 Å². The molecule has 2 amide bonds. The molecule has 0 spiro atoms. The molecule has 0 aliphatic carbocycles. The lowest BCUT2D eigenvalue weighted by molar-refractivity contribution is -0.121. The van der Waals surface area contributed by atoms with Crippen molar-refractivity contribution in [2.75, 3.05) is 0 Å². The van der Waals surface area contributed by atoms with E-state index in [1.807, 2.05) is 43.5 Å². The largest absolute Gasteiger partial charge is 0.373 e. The van der Waals surface area contributed by atoms with E-state index in [1.54, 1.807) is 25.1 Å². The van der Waals surface area contributed by atoms with Crippen molar-refractivity contribution in [1.29, 1.82) is 0 Å². The summed E-state index contributed by atoms with van der Waals surface area (Å²) in [6, 6.07) is 14.8. The number of fused-ring (bicyclic) bond motifs is 1. The Labute approximate surface area is 181 Å². The van der Waals surface area contributed by atoms with Crippen LogP contribution in [-0.2, 0) is 4.79 Å². The lowest BCUT2D eigenvalue weighted by atomic mass is 9.98. The molecule has 0 saturated heterocycles. The van der Waals surface area contributed by atoms with Crippen molar-refractivity contribution >= 4 is 22.7 Å². The number of carbonyl (C=O) groups excluding carboxylic acids is 2. The number of nitrogens with one attached hydrogen (secondary N) is 2. The second-order valence-corrected chi connectivity index (χ2v) is 7.72. The van der Waals surface area contributed by atoms with Gasteiger partial charge in [0.25, 0.3) is 5.91 Å². The molecule has 0 fully saturated rings. The van der Waals surface area contributed by atoms with Crippen LogP contribution in [0.15, 0.2) is 54.7 Å². The first-order valence-corrected chi connectivity index (χ1v) is 10.3. The highest BCUT2D eigenvalue weighted by Gasteiger charge is 2.21. The number of aliphatic hydroxyl groups is 1. The van der Waals surface area contributed by atoms with Crippen molar-refractivity contribution in [1.82, 2.24) is 10.3 Å². The second kappa shape index (κ2) is 9.96. The van der Waals surface area contributed by atoms with Gasteiger partial charge in [-0.05, 0) is 36.2 Å². The molecule has 1 heterocycles. The number of H-pyrrole nitrogens is 1. The minimum Gasteiger partial charge on any atom is -0.373 e. The normalized spacial score (nSPS) is 13.6. The van der Waals surface area contributed by atoms with Gasteiger partial charge in [0, 0.05) is 46.5 Å². The molecule has 3 atom stereocenters. The number of hydrogen-bond donors (Lipinski definition) is 4. The van der Waals surface area contributed by atoms with Crippen LogP contribution in [0.5, 0.6) is 0 Å². The van der Waals surface area contributed by atoms with Gasteiger partial charge in [0.15, 0.2) is 0 Å². The van der Waals surface area contributed by atoms with E-state index in [4.69, 9.17) is 5.73 Å². The number of aromatic nitrogens is 1. The van der Waals surface area contributed by atoms with Crippen LogP contribution in [0.3, 0.4) is 0 Å². The Kier molecular flexibility index (Phi) is 7.11. The lowest BCUT2D eigenvalue weighted by Crippen LogP contribution is -2.38. The molecule has 1 aromatic heterocycles. The van der Waals surface area contributed by atoms with Crippen molar-refractivity contribution in [3.63, 3.8) is 0 Å². The van der Waals surface area contributed by atoms with E-state index in [0.717, 1.165) is 16.5 Å². The fraction of sp³-hybridized carbons (Fsp3) is 0.280. The highest BCUT2D eigenvalue weighted by Crippen LogP contribution is 2.27. The Balaban J connectivity index is 1.64. The Hall–Kier alpha value is -3.56. The monoisotopic (exact) mass is 417 g/mol. The smallest absolute Gasteiger partial charge is 0.253 e. The van der Waals surface area contributed by atoms with Gasteiger partial charge in [-0.3, -0.25) is 9.59 Å². The molecule has 5 N–H and O–H groups in total. The van der Waals surface area contributed by atoms with Gasteiger partial charge in [-0.2, -0.15) is 0 Å². The number of nitrogens with two attached hydrogens (primary N) is 1. The molecule has 31 heavy (non-hydrogen) atoms. The van der Waals surface area contributed by atoms with Gasteiger partial charge in [-0.1, -0.05) is 50.0 Å². The third-order valence-electron chi connectivity index (χ3n) is 5.41. The predicted molar refractivity (Wildman–Crippen MR) is 121 cm³/mol. The quantitative estimate of drug-likeness (QED) is 0.350. The van der Waals surface area contributed by atoms with Crippen molar-refractivity contribution < 1.29 is 14.7 Å². The second-order valence-electron chi connectivity index (χ2n) is 7.72. The highest BCUT2D eigenvalue weighted by atomic mass is 16.3. The predicted octanol–water partition coefficient (Wildman–Crippen LogP) is 3.27. The molecule has 0 bridgehead atoms. The van der Waals surface area contributed by atoms with E-state index < -0.39 is 6.23 Å². The zero-order valence-corrected chi connectivity index (χ0v) is 17.7. The van der Waals surface area contributed by atoms with E-state index in [9.17, 15) is 14.7 Å². The van der Waals surface area contributed by atoms with Gasteiger partial charge < -0.3 is 21.1 Å². The van der Waals surface area contributed by atoms with E-state index in [2.05, 4.69) is 22.1 Å². The number of hydrogen-bond acceptors (Lipinski definition) is 3. The minimum absolute atomic E-state index is 0.216. The number of carbonyl (C=O) groups is 2. The Morgan fingerprint density at radius 2 is 1.94 bits per heavy atom. The number of para-hydroxylation sites is 1. The topological polar surface area (TPSA) is 108 Å². The Morgan fingerprint density at radius 1 is 1.16 bits per heavy atom.